The SMILES string of the molecule is Cc1ccc2c(Nc3cccc(F)c3)c(-c3nc(C4CC4)no3)cnc2n1. The number of halogens is 1. The molecule has 0 bridgehead atoms. The predicted octanol–water partition coefficient (Wildman–Crippen LogP) is 4.75. The van der Waals surface area contributed by atoms with Crippen molar-refractivity contribution in [2.75, 3.05) is 5.32 Å². The Bertz CT molecular complexity index is 1150. The maximum Gasteiger partial charge on any atom is 0.261 e. The van der Waals surface area contributed by atoms with Gasteiger partial charge in [-0.15, -0.1) is 0 Å². The number of anilines is 2. The topological polar surface area (TPSA) is 76.7 Å². The fraction of sp³-hybridized carbons (Fsp3) is 0.200. The molecule has 6 nitrogen and oxygen atoms in total. The Kier molecular flexibility index (Phi) is 3.60. The summed E-state index contributed by atoms with van der Waals surface area (Å²) in [5, 5.41) is 8.17. The fourth-order valence-corrected chi connectivity index (χ4v) is 3.03. The van der Waals surface area contributed by atoms with Crippen LogP contribution >= 0.6 is 0 Å². The van der Waals surface area contributed by atoms with Gasteiger partial charge in [-0.1, -0.05) is 11.2 Å². The van der Waals surface area contributed by atoms with Crippen LogP contribution in [0, 0.1) is 12.7 Å². The average Bonchev–Trinajstić information content (AvgIpc) is 3.39. The highest BCUT2D eigenvalue weighted by atomic mass is 19.1. The molecule has 0 atom stereocenters. The molecule has 5 rings (SSSR count). The van der Waals surface area contributed by atoms with Crippen molar-refractivity contribution in [3.63, 3.8) is 0 Å². The first-order valence-electron chi connectivity index (χ1n) is 8.80. The van der Waals surface area contributed by atoms with Crippen molar-refractivity contribution in [1.29, 1.82) is 0 Å². The van der Waals surface area contributed by atoms with E-state index in [4.69, 9.17) is 4.52 Å². The lowest BCUT2D eigenvalue weighted by Crippen LogP contribution is -1.99. The summed E-state index contributed by atoms with van der Waals surface area (Å²) < 4.78 is 19.1. The summed E-state index contributed by atoms with van der Waals surface area (Å²) in [4.78, 5) is 13.5. The molecule has 1 saturated carbocycles. The zero-order chi connectivity index (χ0) is 18.4. The van der Waals surface area contributed by atoms with Crippen molar-refractivity contribution in [3.8, 4) is 11.5 Å². The minimum atomic E-state index is -0.317. The molecule has 1 aromatic carbocycles. The summed E-state index contributed by atoms with van der Waals surface area (Å²) in [6, 6.07) is 10.1. The van der Waals surface area contributed by atoms with Crippen LogP contribution in [-0.4, -0.2) is 20.1 Å². The number of fused-ring (bicyclic) bond motifs is 1. The molecule has 27 heavy (non-hydrogen) atoms. The number of aromatic nitrogens is 4. The molecular weight excluding hydrogens is 345 g/mol. The summed E-state index contributed by atoms with van der Waals surface area (Å²) in [5.41, 5.74) is 3.46. The van der Waals surface area contributed by atoms with Crippen molar-refractivity contribution in [2.24, 2.45) is 0 Å². The van der Waals surface area contributed by atoms with Crippen LogP contribution in [0.25, 0.3) is 22.5 Å². The fourth-order valence-electron chi connectivity index (χ4n) is 3.03. The van der Waals surface area contributed by atoms with Gasteiger partial charge in [0.2, 0.25) is 0 Å². The van der Waals surface area contributed by atoms with E-state index in [0.717, 1.165) is 29.7 Å². The molecule has 1 fully saturated rings. The normalized spacial score (nSPS) is 13.9. The number of aryl methyl sites for hydroxylation is 1. The third-order valence-corrected chi connectivity index (χ3v) is 4.58. The van der Waals surface area contributed by atoms with E-state index in [9.17, 15) is 4.39 Å². The second-order valence-electron chi connectivity index (χ2n) is 6.74. The molecule has 134 valence electrons. The molecule has 1 aliphatic rings. The number of hydrogen-bond donors (Lipinski definition) is 1. The Morgan fingerprint density at radius 2 is 2.04 bits per heavy atom. The third kappa shape index (κ3) is 3.01. The average molecular weight is 361 g/mol. The molecule has 4 aromatic rings. The largest absolute Gasteiger partial charge is 0.354 e. The summed E-state index contributed by atoms with van der Waals surface area (Å²) in [5.74, 6) is 1.19. The zero-order valence-corrected chi connectivity index (χ0v) is 14.6. The van der Waals surface area contributed by atoms with Crippen LogP contribution in [0.2, 0.25) is 0 Å². The Morgan fingerprint density at radius 3 is 2.85 bits per heavy atom. The van der Waals surface area contributed by atoms with E-state index < -0.39 is 0 Å². The molecule has 3 aromatic heterocycles. The van der Waals surface area contributed by atoms with Crippen LogP contribution in [0.4, 0.5) is 15.8 Å². The summed E-state index contributed by atoms with van der Waals surface area (Å²) >= 11 is 0. The molecular formula is C20H16FN5O. The van der Waals surface area contributed by atoms with Crippen LogP contribution in [0.3, 0.4) is 0 Å². The standard InChI is InChI=1S/C20H16FN5O/c1-11-5-8-15-17(24-14-4-2-3-13(21)9-14)16(10-22-19(15)23-11)20-25-18(26-27-20)12-6-7-12/h2-5,8-10,12H,6-7H2,1H3,(H,22,23,24). The minimum absolute atomic E-state index is 0.317. The van der Waals surface area contributed by atoms with Gasteiger partial charge in [0, 0.05) is 28.9 Å². The molecule has 0 unspecified atom stereocenters. The van der Waals surface area contributed by atoms with Gasteiger partial charge < -0.3 is 9.84 Å². The van der Waals surface area contributed by atoms with Gasteiger partial charge in [0.15, 0.2) is 11.5 Å². The molecule has 0 radical (unpaired) electrons. The molecule has 1 N–H and O–H groups in total. The van der Waals surface area contributed by atoms with Gasteiger partial charge in [0.1, 0.15) is 5.82 Å². The van der Waals surface area contributed by atoms with Crippen molar-refractivity contribution in [1.82, 2.24) is 20.1 Å². The summed E-state index contributed by atoms with van der Waals surface area (Å²) in [7, 11) is 0. The van der Waals surface area contributed by atoms with Crippen molar-refractivity contribution in [3.05, 3.63) is 59.9 Å². The molecule has 0 spiro atoms. The van der Waals surface area contributed by atoms with E-state index in [1.54, 1.807) is 18.3 Å². The number of benzene rings is 1. The summed E-state index contributed by atoms with van der Waals surface area (Å²) in [6.07, 6.45) is 3.85. The lowest BCUT2D eigenvalue weighted by atomic mass is 10.1. The van der Waals surface area contributed by atoms with Gasteiger partial charge >= 0.3 is 0 Å². The predicted molar refractivity (Wildman–Crippen MR) is 99.2 cm³/mol. The Hall–Kier alpha value is -3.35. The van der Waals surface area contributed by atoms with Gasteiger partial charge in [-0.3, -0.25) is 0 Å². The number of nitrogens with zero attached hydrogens (tertiary/aromatic N) is 4. The van der Waals surface area contributed by atoms with Crippen LogP contribution in [0.1, 0.15) is 30.3 Å². The Balaban J connectivity index is 1.67. The highest BCUT2D eigenvalue weighted by Crippen LogP contribution is 2.40. The van der Waals surface area contributed by atoms with Gasteiger partial charge in [0.25, 0.3) is 5.89 Å². The van der Waals surface area contributed by atoms with Gasteiger partial charge in [-0.05, 0) is 50.1 Å². The number of hydrogen-bond acceptors (Lipinski definition) is 6. The minimum Gasteiger partial charge on any atom is -0.354 e. The van der Waals surface area contributed by atoms with Gasteiger partial charge in [0.05, 0.1) is 11.3 Å². The number of nitrogens with one attached hydrogen (secondary N) is 1. The quantitative estimate of drug-likeness (QED) is 0.565. The van der Waals surface area contributed by atoms with E-state index >= 15 is 0 Å². The maximum atomic E-state index is 13.7. The lowest BCUT2D eigenvalue weighted by Gasteiger charge is -2.13. The second kappa shape index (κ2) is 6.12. The lowest BCUT2D eigenvalue weighted by molar-refractivity contribution is 0.423. The molecule has 1 aliphatic carbocycles. The van der Waals surface area contributed by atoms with Crippen LogP contribution in [0.5, 0.6) is 0 Å². The Morgan fingerprint density at radius 1 is 1.15 bits per heavy atom. The molecule has 0 saturated heterocycles. The van der Waals surface area contributed by atoms with Crippen LogP contribution < -0.4 is 5.32 Å². The highest BCUT2D eigenvalue weighted by Gasteiger charge is 2.29. The monoisotopic (exact) mass is 361 g/mol. The van der Waals surface area contributed by atoms with Crippen molar-refractivity contribution in [2.45, 2.75) is 25.7 Å². The van der Waals surface area contributed by atoms with E-state index in [-0.39, 0.29) is 5.82 Å². The van der Waals surface area contributed by atoms with Crippen molar-refractivity contribution < 1.29 is 8.91 Å². The first kappa shape index (κ1) is 15.9. The van der Waals surface area contributed by atoms with Crippen LogP contribution in [-0.2, 0) is 0 Å². The van der Waals surface area contributed by atoms with Gasteiger partial charge in [-0.2, -0.15) is 4.98 Å². The van der Waals surface area contributed by atoms with E-state index in [2.05, 4.69) is 25.4 Å². The number of pyridine rings is 2. The zero-order valence-electron chi connectivity index (χ0n) is 14.6. The second-order valence-corrected chi connectivity index (χ2v) is 6.74. The third-order valence-electron chi connectivity index (χ3n) is 4.58. The maximum absolute atomic E-state index is 13.7. The van der Waals surface area contributed by atoms with E-state index in [1.807, 2.05) is 19.1 Å². The highest BCUT2D eigenvalue weighted by molar-refractivity contribution is 5.98. The molecule has 7 heteroatoms. The van der Waals surface area contributed by atoms with Crippen molar-refractivity contribution >= 4 is 22.4 Å². The van der Waals surface area contributed by atoms with Crippen LogP contribution in [0.15, 0.2) is 47.1 Å². The smallest absolute Gasteiger partial charge is 0.261 e. The van der Waals surface area contributed by atoms with Gasteiger partial charge in [-0.25, -0.2) is 14.4 Å². The summed E-state index contributed by atoms with van der Waals surface area (Å²) in [6.45, 7) is 1.91. The number of rotatable bonds is 4. The molecule has 0 amide bonds. The Labute approximate surface area is 154 Å². The van der Waals surface area contributed by atoms with E-state index in [0.29, 0.717) is 34.4 Å². The molecule has 3 heterocycles. The molecule has 0 aliphatic heterocycles. The first-order chi connectivity index (χ1) is 13.2. The first-order valence-corrected chi connectivity index (χ1v) is 8.80. The van der Waals surface area contributed by atoms with E-state index in [1.165, 1.54) is 12.1 Å².